The third-order valence-corrected chi connectivity index (χ3v) is 6.65. The van der Waals surface area contributed by atoms with Crippen molar-refractivity contribution < 1.29 is 22.5 Å². The van der Waals surface area contributed by atoms with Gasteiger partial charge in [0.25, 0.3) is 5.91 Å². The van der Waals surface area contributed by atoms with Crippen molar-refractivity contribution in [1.82, 2.24) is 15.5 Å². The van der Waals surface area contributed by atoms with E-state index in [0.29, 0.717) is 39.8 Å². The molecule has 0 atom stereocenters. The van der Waals surface area contributed by atoms with E-state index in [1.165, 1.54) is 17.8 Å². The normalized spacial score (nSPS) is 11.6. The van der Waals surface area contributed by atoms with Crippen LogP contribution < -0.4 is 10.6 Å². The number of nitrogens with zero attached hydrogens (tertiary/aromatic N) is 2. The highest BCUT2D eigenvalue weighted by Gasteiger charge is 2.30. The van der Waals surface area contributed by atoms with Gasteiger partial charge >= 0.3 is 6.18 Å². The van der Waals surface area contributed by atoms with Crippen LogP contribution in [0, 0.1) is 6.92 Å². The Morgan fingerprint density at radius 1 is 1.15 bits per heavy atom. The average Bonchev–Trinajstić information content (AvgIpc) is 3.39. The number of thiazole rings is 1. The Hall–Kier alpha value is -3.05. The highest BCUT2D eigenvalue weighted by molar-refractivity contribution is 7.98. The highest BCUT2D eigenvalue weighted by atomic mass is 32.2. The number of thioether (sulfide) groups is 1. The molecule has 11 heteroatoms. The van der Waals surface area contributed by atoms with Gasteiger partial charge in [0.05, 0.1) is 32.8 Å². The molecule has 0 radical (unpaired) electrons. The van der Waals surface area contributed by atoms with Crippen molar-refractivity contribution in [1.29, 1.82) is 0 Å². The number of carbonyl (C=O) groups excluding carboxylic acids is 1. The number of carbonyl (C=O) groups is 1. The van der Waals surface area contributed by atoms with Gasteiger partial charge in [-0.3, -0.25) is 4.79 Å². The second-order valence-electron chi connectivity index (χ2n) is 7.10. The van der Waals surface area contributed by atoms with Crippen LogP contribution in [-0.2, 0) is 11.9 Å². The van der Waals surface area contributed by atoms with Crippen LogP contribution in [0.3, 0.4) is 0 Å². The zero-order valence-electron chi connectivity index (χ0n) is 17.4. The third kappa shape index (κ3) is 5.85. The van der Waals surface area contributed by atoms with Crippen molar-refractivity contribution in [2.24, 2.45) is 0 Å². The molecule has 0 aliphatic rings. The lowest BCUT2D eigenvalue weighted by Crippen LogP contribution is -2.29. The van der Waals surface area contributed by atoms with Gasteiger partial charge in [-0.05, 0) is 37.3 Å². The summed E-state index contributed by atoms with van der Waals surface area (Å²) in [6.07, 6.45) is -4.39. The zero-order chi connectivity index (χ0) is 23.4. The number of nitrogens with one attached hydrogen (secondary N) is 2. The standard InChI is InChI=1S/C22H19F3N4O2S2/c1-13-10-15(31-29-13)12-32-18-5-3-2-4-16(18)20(30)26-8-9-27-21-28-17-7-6-14(22(23,24)25)11-19(17)33-21/h2-7,10-11H,8-9,12H2,1H3,(H,26,30)(H,27,28). The number of fused-ring (bicyclic) bond motifs is 1. The Morgan fingerprint density at radius 3 is 2.73 bits per heavy atom. The fourth-order valence-corrected chi connectivity index (χ4v) is 4.89. The minimum absolute atomic E-state index is 0.215. The number of aryl methyl sites for hydroxylation is 1. The van der Waals surface area contributed by atoms with Crippen LogP contribution in [0.25, 0.3) is 10.2 Å². The molecular weight excluding hydrogens is 473 g/mol. The SMILES string of the molecule is Cc1cc(CSc2ccccc2C(=O)NCCNc2nc3ccc(C(F)(F)F)cc3s2)on1. The van der Waals surface area contributed by atoms with Crippen LogP contribution in [0.5, 0.6) is 0 Å². The summed E-state index contributed by atoms with van der Waals surface area (Å²) in [7, 11) is 0. The molecular formula is C22H19F3N4O2S2. The quantitative estimate of drug-likeness (QED) is 0.241. The number of aromatic nitrogens is 2. The number of halogens is 3. The Labute approximate surface area is 195 Å². The summed E-state index contributed by atoms with van der Waals surface area (Å²) < 4.78 is 44.3. The fourth-order valence-electron chi connectivity index (χ4n) is 3.03. The van der Waals surface area contributed by atoms with Gasteiger partial charge in [0.2, 0.25) is 0 Å². The average molecular weight is 493 g/mol. The van der Waals surface area contributed by atoms with Crippen LogP contribution in [0.4, 0.5) is 18.3 Å². The Morgan fingerprint density at radius 2 is 1.97 bits per heavy atom. The fraction of sp³-hybridized carbons (Fsp3) is 0.227. The van der Waals surface area contributed by atoms with Gasteiger partial charge in [-0.25, -0.2) is 4.98 Å². The maximum absolute atomic E-state index is 12.9. The summed E-state index contributed by atoms with van der Waals surface area (Å²) >= 11 is 2.62. The molecule has 2 aromatic heterocycles. The smallest absolute Gasteiger partial charge is 0.360 e. The van der Waals surface area contributed by atoms with E-state index in [1.807, 2.05) is 25.1 Å². The summed E-state index contributed by atoms with van der Waals surface area (Å²) in [6, 6.07) is 12.6. The van der Waals surface area contributed by atoms with Gasteiger partial charge < -0.3 is 15.2 Å². The van der Waals surface area contributed by atoms with Crippen LogP contribution in [0.2, 0.25) is 0 Å². The largest absolute Gasteiger partial charge is 0.416 e. The van der Waals surface area contributed by atoms with E-state index in [1.54, 1.807) is 12.1 Å². The first kappa shape index (κ1) is 23.1. The molecule has 0 spiro atoms. The zero-order valence-corrected chi connectivity index (χ0v) is 19.0. The molecule has 33 heavy (non-hydrogen) atoms. The van der Waals surface area contributed by atoms with E-state index in [2.05, 4.69) is 20.8 Å². The van der Waals surface area contributed by atoms with Gasteiger partial charge in [0.15, 0.2) is 5.13 Å². The first-order valence-electron chi connectivity index (χ1n) is 9.93. The van der Waals surface area contributed by atoms with Crippen LogP contribution in [0.1, 0.15) is 27.4 Å². The molecule has 0 bridgehead atoms. The maximum Gasteiger partial charge on any atom is 0.416 e. The van der Waals surface area contributed by atoms with E-state index >= 15 is 0 Å². The molecule has 4 rings (SSSR count). The third-order valence-electron chi connectivity index (χ3n) is 4.58. The molecule has 4 aromatic rings. The number of alkyl halides is 3. The van der Waals surface area contributed by atoms with Gasteiger partial charge in [-0.1, -0.05) is 28.6 Å². The van der Waals surface area contributed by atoms with Crippen molar-refractivity contribution >= 4 is 44.4 Å². The minimum atomic E-state index is -4.39. The topological polar surface area (TPSA) is 80.0 Å². The predicted molar refractivity (Wildman–Crippen MR) is 123 cm³/mol. The van der Waals surface area contributed by atoms with E-state index in [0.717, 1.165) is 39.8 Å². The van der Waals surface area contributed by atoms with Gasteiger partial charge in [-0.15, -0.1) is 11.8 Å². The summed E-state index contributed by atoms with van der Waals surface area (Å²) in [5, 5.41) is 10.3. The molecule has 0 aliphatic heterocycles. The molecule has 1 amide bonds. The molecule has 2 N–H and O–H groups in total. The number of hydrogen-bond donors (Lipinski definition) is 2. The number of benzene rings is 2. The predicted octanol–water partition coefficient (Wildman–Crippen LogP) is 5.75. The van der Waals surface area contributed by atoms with Crippen LogP contribution in [0.15, 0.2) is 57.9 Å². The van der Waals surface area contributed by atoms with Crippen molar-refractivity contribution in [3.63, 3.8) is 0 Å². The number of hydrogen-bond acceptors (Lipinski definition) is 7. The molecule has 0 fully saturated rings. The Balaban J connectivity index is 1.31. The van der Waals surface area contributed by atoms with Crippen LogP contribution >= 0.6 is 23.1 Å². The molecule has 172 valence electrons. The lowest BCUT2D eigenvalue weighted by Gasteiger charge is -2.09. The number of anilines is 1. The number of amides is 1. The minimum Gasteiger partial charge on any atom is -0.360 e. The second-order valence-corrected chi connectivity index (χ2v) is 9.15. The molecule has 0 saturated heterocycles. The summed E-state index contributed by atoms with van der Waals surface area (Å²) in [6.45, 7) is 2.55. The molecule has 0 unspecified atom stereocenters. The lowest BCUT2D eigenvalue weighted by molar-refractivity contribution is -0.137. The van der Waals surface area contributed by atoms with E-state index in [-0.39, 0.29) is 5.91 Å². The molecule has 6 nitrogen and oxygen atoms in total. The monoisotopic (exact) mass is 492 g/mol. The molecule has 0 saturated carbocycles. The Bertz CT molecular complexity index is 1270. The molecule has 2 heterocycles. The Kier molecular flexibility index (Phi) is 6.89. The first-order chi connectivity index (χ1) is 15.8. The lowest BCUT2D eigenvalue weighted by atomic mass is 10.2. The highest BCUT2D eigenvalue weighted by Crippen LogP contribution is 2.34. The maximum atomic E-state index is 12.9. The first-order valence-corrected chi connectivity index (χ1v) is 11.7. The summed E-state index contributed by atoms with van der Waals surface area (Å²) in [5.41, 5.74) is 1.15. The molecule has 2 aromatic carbocycles. The van der Waals surface area contributed by atoms with Gasteiger partial charge in [-0.2, -0.15) is 13.2 Å². The van der Waals surface area contributed by atoms with Gasteiger partial charge in [0.1, 0.15) is 5.76 Å². The summed E-state index contributed by atoms with van der Waals surface area (Å²) in [5.74, 6) is 1.07. The molecule has 0 aliphatic carbocycles. The van der Waals surface area contributed by atoms with E-state index in [4.69, 9.17) is 4.52 Å². The van der Waals surface area contributed by atoms with Crippen molar-refractivity contribution in [3.8, 4) is 0 Å². The van der Waals surface area contributed by atoms with Crippen molar-refractivity contribution in [3.05, 3.63) is 71.1 Å². The summed E-state index contributed by atoms with van der Waals surface area (Å²) in [4.78, 5) is 17.8. The van der Waals surface area contributed by atoms with Crippen LogP contribution in [-0.4, -0.2) is 29.1 Å². The van der Waals surface area contributed by atoms with E-state index < -0.39 is 11.7 Å². The number of rotatable bonds is 8. The van der Waals surface area contributed by atoms with Crippen molar-refractivity contribution in [2.45, 2.75) is 23.7 Å². The van der Waals surface area contributed by atoms with Gasteiger partial charge in [0, 0.05) is 24.1 Å². The van der Waals surface area contributed by atoms with Crippen molar-refractivity contribution in [2.75, 3.05) is 18.4 Å². The van der Waals surface area contributed by atoms with E-state index in [9.17, 15) is 18.0 Å². The second kappa shape index (κ2) is 9.84.